The molecule has 23 nitrogen and oxygen atoms in total. The smallest absolute Gasteiger partial charge is 0.407 e. The van der Waals surface area contributed by atoms with Gasteiger partial charge in [0, 0.05) is 162 Å². The number of nitrogens with two attached hydrogens (primary N) is 1. The van der Waals surface area contributed by atoms with Gasteiger partial charge in [0.15, 0.2) is 12.2 Å². The van der Waals surface area contributed by atoms with Crippen molar-refractivity contribution in [1.29, 1.82) is 5.26 Å². The van der Waals surface area contributed by atoms with E-state index in [0.29, 0.717) is 84.8 Å². The van der Waals surface area contributed by atoms with Gasteiger partial charge < -0.3 is 75.9 Å². The van der Waals surface area contributed by atoms with Crippen LogP contribution in [0.25, 0.3) is 0 Å². The van der Waals surface area contributed by atoms with Gasteiger partial charge in [0.25, 0.3) is 23.6 Å². The fraction of sp³-hybridized carbons (Fsp3) is 0.441. The van der Waals surface area contributed by atoms with Crippen LogP contribution < -0.4 is 41.7 Å². The molecule has 6 aliphatic heterocycles. The number of fused-ring (bicyclic) bond motifs is 2. The number of alkyl carbamates (subject to hydrolysis) is 1. The molecule has 6 aliphatic rings. The molecule has 4 saturated heterocycles. The van der Waals surface area contributed by atoms with E-state index >= 15 is 0 Å². The van der Waals surface area contributed by atoms with E-state index in [9.17, 15) is 43.8 Å². The number of nitrogens with zero attached hydrogens (tertiary/aromatic N) is 6. The van der Waals surface area contributed by atoms with Gasteiger partial charge >= 0.3 is 18.0 Å². The van der Waals surface area contributed by atoms with Gasteiger partial charge in [0.05, 0.1) is 11.3 Å². The lowest BCUT2D eigenvalue weighted by atomic mass is 9.98. The molecule has 0 aliphatic carbocycles. The third kappa shape index (κ3) is 20.2. The first-order chi connectivity index (χ1) is 44.8. The summed E-state index contributed by atoms with van der Waals surface area (Å²) >= 11 is 17.7. The van der Waals surface area contributed by atoms with Gasteiger partial charge in [0.2, 0.25) is 12.2 Å². The Morgan fingerprint density at radius 2 is 1.00 bits per heavy atom. The molecule has 0 spiro atoms. The second-order valence-electron chi connectivity index (χ2n) is 25.0. The van der Waals surface area contributed by atoms with E-state index in [0.717, 1.165) is 106 Å². The second kappa shape index (κ2) is 33.3. The predicted molar refractivity (Wildman–Crippen MR) is 356 cm³/mol. The Bertz CT molecular complexity index is 3450. The fourth-order valence-electron chi connectivity index (χ4n) is 11.1. The van der Waals surface area contributed by atoms with Crippen LogP contribution in [0, 0.1) is 35.0 Å². The number of halogens is 3. The molecule has 4 atom stereocenters. The third-order valence-corrected chi connectivity index (χ3v) is 17.2. The summed E-state index contributed by atoms with van der Waals surface area (Å²) in [5, 5.41) is 42.6. The largest absolute Gasteiger partial charge is 0.448 e. The number of anilines is 3. The Kier molecular flexibility index (Phi) is 25.3. The van der Waals surface area contributed by atoms with Crippen LogP contribution in [0.5, 0.6) is 0 Å². The van der Waals surface area contributed by atoms with E-state index in [1.807, 2.05) is 130 Å². The third-order valence-electron chi connectivity index (χ3n) is 16.4. The molecule has 0 radical (unpaired) electrons. The number of nitrogens with one attached hydrogen (secondary N) is 4. The number of rotatable bonds is 18. The summed E-state index contributed by atoms with van der Waals surface area (Å²) in [7, 11) is 0. The summed E-state index contributed by atoms with van der Waals surface area (Å²) in [4.78, 5) is 95.4. The minimum atomic E-state index is -1.80. The first kappa shape index (κ1) is 71.6. The van der Waals surface area contributed by atoms with Crippen molar-refractivity contribution in [1.82, 2.24) is 31.1 Å². The van der Waals surface area contributed by atoms with Crippen LogP contribution in [-0.4, -0.2) is 170 Å². The van der Waals surface area contributed by atoms with Gasteiger partial charge in [0.1, 0.15) is 11.7 Å². The molecule has 5 aromatic rings. The zero-order chi connectivity index (χ0) is 67.8. The van der Waals surface area contributed by atoms with Crippen molar-refractivity contribution in [2.75, 3.05) is 93.2 Å². The van der Waals surface area contributed by atoms with Gasteiger partial charge in [-0.3, -0.25) is 28.8 Å². The molecular formula is C68H82Cl3N11O12. The van der Waals surface area contributed by atoms with Crippen molar-refractivity contribution in [3.8, 4) is 6.07 Å². The van der Waals surface area contributed by atoms with Gasteiger partial charge in [-0.2, -0.15) is 5.26 Å². The lowest BCUT2D eigenvalue weighted by molar-refractivity contribution is -0.178. The Hall–Kier alpha value is -8.21. The van der Waals surface area contributed by atoms with Crippen LogP contribution in [0.2, 0.25) is 15.1 Å². The van der Waals surface area contributed by atoms with Crippen LogP contribution in [0.1, 0.15) is 62.4 Å². The topological polar surface area (TPSA) is 302 Å². The zero-order valence-electron chi connectivity index (χ0n) is 53.3. The molecule has 11 rings (SSSR count). The van der Waals surface area contributed by atoms with E-state index in [4.69, 9.17) is 60.0 Å². The van der Waals surface area contributed by atoms with E-state index in [2.05, 4.69) is 42.0 Å². The first-order valence-electron chi connectivity index (χ1n) is 31.2. The van der Waals surface area contributed by atoms with Crippen molar-refractivity contribution in [3.63, 3.8) is 0 Å². The number of hydrogen-bond acceptors (Lipinski definition) is 18. The van der Waals surface area contributed by atoms with Gasteiger partial charge in [-0.25, -0.2) is 4.79 Å². The van der Waals surface area contributed by atoms with Gasteiger partial charge in [-0.15, -0.1) is 0 Å². The Balaban J connectivity index is 0.000000174. The lowest BCUT2D eigenvalue weighted by Crippen LogP contribution is -2.56. The van der Waals surface area contributed by atoms with Gasteiger partial charge in [-0.1, -0.05) is 83.3 Å². The van der Waals surface area contributed by atoms with Crippen LogP contribution >= 0.6 is 34.8 Å². The molecule has 4 fully saturated rings. The summed E-state index contributed by atoms with van der Waals surface area (Å²) in [6.45, 7) is 18.2. The number of carbonyl (C=O) groups excluding carboxylic acids is 7. The monoisotopic (exact) mass is 1350 g/mol. The number of ether oxygens (including phenoxy) is 3. The molecular weight excluding hydrogens is 1270 g/mol. The maximum absolute atomic E-state index is 13.4. The zero-order valence-corrected chi connectivity index (χ0v) is 55.5. The number of aliphatic hydroxyl groups excluding tert-OH is 2. The highest BCUT2D eigenvalue weighted by Gasteiger charge is 2.44. The van der Waals surface area contributed by atoms with Crippen molar-refractivity contribution < 1.29 is 58.0 Å². The van der Waals surface area contributed by atoms with E-state index < -0.39 is 65.6 Å². The molecule has 8 N–H and O–H groups in total. The Labute approximate surface area is 562 Å². The Morgan fingerprint density at radius 1 is 0.574 bits per heavy atom. The van der Waals surface area contributed by atoms with E-state index in [-0.39, 0.29) is 17.9 Å². The van der Waals surface area contributed by atoms with Crippen LogP contribution in [0.4, 0.5) is 21.9 Å². The van der Waals surface area contributed by atoms with Crippen LogP contribution in [0.15, 0.2) is 115 Å². The van der Waals surface area contributed by atoms with Crippen molar-refractivity contribution in [3.05, 3.63) is 158 Å². The highest BCUT2D eigenvalue weighted by atomic mass is 35.5. The minimum Gasteiger partial charge on any atom is -0.448 e. The van der Waals surface area contributed by atoms with Crippen LogP contribution in [0.3, 0.4) is 0 Å². The average molecular weight is 1350 g/mol. The first-order valence-corrected chi connectivity index (χ1v) is 32.3. The SMILES string of the molecule is CC(=O)O[C@@H](C(=O)NCC1CN(c2ccc(Cl)cc2)C1)[C@@H](OC(C)=O)C(=O)N1Cc2ccccc2C1.CC(C)(C)OC(=O)NCC1CNC1.N#Cc1cc(Cl)ccc1N1CC(CN)C1.O=C(NCC1CN(c2ccc(Cl)cc2)C1)[C@H](O)[C@@H](O)C(=O)N1Cc2ccccc2C1. The summed E-state index contributed by atoms with van der Waals surface area (Å²) < 4.78 is 15.6. The number of aliphatic hydroxyl groups is 2. The summed E-state index contributed by atoms with van der Waals surface area (Å²) in [5.74, 6) is -2.65. The molecule has 0 bridgehead atoms. The lowest BCUT2D eigenvalue weighted by Gasteiger charge is -2.41. The average Bonchev–Trinajstić information content (AvgIpc) is 1.38. The molecule has 5 amide bonds. The highest BCUT2D eigenvalue weighted by molar-refractivity contribution is 6.31. The number of hydrogen-bond donors (Lipinski definition) is 7. The summed E-state index contributed by atoms with van der Waals surface area (Å²) in [6, 6.07) is 37.8. The van der Waals surface area contributed by atoms with Crippen LogP contribution in [-0.2, 0) is 69.2 Å². The predicted octanol–water partition coefficient (Wildman–Crippen LogP) is 5.79. The fourth-order valence-corrected chi connectivity index (χ4v) is 11.5. The van der Waals surface area contributed by atoms with Gasteiger partial charge in [-0.05, 0) is 116 Å². The molecule has 0 saturated carbocycles. The Morgan fingerprint density at radius 3 is 1.43 bits per heavy atom. The number of benzene rings is 5. The standard InChI is InChI=1S/C26H28ClN3O6.C22H24ClN3O4.C11H12ClN3.C9H18N2O2/c1-16(31)35-23(25(33)28-11-18-12-29(13-18)22-9-7-21(27)8-10-22)24(36-17(2)32)26(34)30-14-19-5-3-4-6-20(19)15-30;23-17-5-7-18(8-6-17)25-10-14(11-25)9-24-21(29)19(27)20(28)22(30)26-12-15-3-1-2-4-16(15)13-26;12-10-1-2-11(9(3-10)5-14)15-6-8(4-13)7-15;1-9(2,3)13-8(12)11-6-7-4-10-5-7/h3-10,18,23-24H,11-15H2,1-2H3,(H,28,33);1-8,14,19-20,27-28H,9-13H2,(H,24,29);1-3,8H,4,6-7,13H2;7,10H,4-6H2,1-3H3,(H,11,12)/t23-,24-;19-,20-;;/m11../s1. The number of amides is 5. The minimum absolute atomic E-state index is 0.165. The second-order valence-corrected chi connectivity index (χ2v) is 26.4. The van der Waals surface area contributed by atoms with Crippen molar-refractivity contribution in [2.45, 2.75) is 90.8 Å². The van der Waals surface area contributed by atoms with Crippen molar-refractivity contribution in [2.24, 2.45) is 29.4 Å². The number of nitriles is 1. The maximum Gasteiger partial charge on any atom is 0.407 e. The molecule has 94 heavy (non-hydrogen) atoms. The van der Waals surface area contributed by atoms with Crippen molar-refractivity contribution >= 4 is 93.5 Å². The molecule has 0 aromatic heterocycles. The normalized spacial score (nSPS) is 17.0. The van der Waals surface area contributed by atoms with E-state index in [1.165, 1.54) is 9.80 Å². The molecule has 5 aromatic carbocycles. The molecule has 502 valence electrons. The maximum atomic E-state index is 13.4. The summed E-state index contributed by atoms with van der Waals surface area (Å²) in [5.41, 5.74) is 12.8. The molecule has 26 heteroatoms. The molecule has 6 heterocycles. The molecule has 0 unspecified atom stereocenters. The highest BCUT2D eigenvalue weighted by Crippen LogP contribution is 2.31. The summed E-state index contributed by atoms with van der Waals surface area (Å²) in [6.07, 6.45) is -7.10. The number of esters is 2. The number of carbonyl (C=O) groups is 7. The quantitative estimate of drug-likeness (QED) is 0.0403. The van der Waals surface area contributed by atoms with E-state index in [1.54, 1.807) is 6.07 Å².